The molecule has 0 saturated carbocycles. The zero-order valence-electron chi connectivity index (χ0n) is 5.14. The van der Waals surface area contributed by atoms with Crippen LogP contribution in [-0.4, -0.2) is 21.9 Å². The molecule has 1 heterocycles. The first-order valence-electron chi connectivity index (χ1n) is 2.61. The SMILES string of the molecule is O=C(c1cnc[nH]1)C(F)(F)F. The predicted molar refractivity (Wildman–Crippen MR) is 29.0 cm³/mol. The highest BCUT2D eigenvalue weighted by Gasteiger charge is 2.40. The summed E-state index contributed by atoms with van der Waals surface area (Å²) in [6, 6.07) is 0. The summed E-state index contributed by atoms with van der Waals surface area (Å²) in [5.74, 6) is -1.91. The van der Waals surface area contributed by atoms with Crippen molar-refractivity contribution >= 4 is 5.78 Å². The van der Waals surface area contributed by atoms with Gasteiger partial charge in [-0.05, 0) is 0 Å². The fourth-order valence-electron chi connectivity index (χ4n) is 0.533. The molecule has 0 saturated heterocycles. The number of aromatic amines is 1. The summed E-state index contributed by atoms with van der Waals surface area (Å²) in [5.41, 5.74) is -0.544. The van der Waals surface area contributed by atoms with Crippen LogP contribution in [0.5, 0.6) is 0 Å². The van der Waals surface area contributed by atoms with E-state index in [0.29, 0.717) is 0 Å². The van der Waals surface area contributed by atoms with E-state index < -0.39 is 17.7 Å². The normalized spacial score (nSPS) is 11.5. The highest BCUT2D eigenvalue weighted by molar-refractivity contribution is 5.98. The number of aromatic nitrogens is 2. The van der Waals surface area contributed by atoms with Gasteiger partial charge in [0.05, 0.1) is 12.5 Å². The number of ketones is 1. The van der Waals surface area contributed by atoms with Gasteiger partial charge in [0.1, 0.15) is 5.69 Å². The second-order valence-corrected chi connectivity index (χ2v) is 1.79. The van der Waals surface area contributed by atoms with Crippen LogP contribution in [0.15, 0.2) is 12.5 Å². The number of H-pyrrole nitrogens is 1. The highest BCUT2D eigenvalue weighted by Crippen LogP contribution is 2.19. The molecule has 1 aromatic rings. The summed E-state index contributed by atoms with van der Waals surface area (Å²) in [6.07, 6.45) is -2.98. The second kappa shape index (κ2) is 2.37. The number of halogens is 3. The summed E-state index contributed by atoms with van der Waals surface area (Å²) in [7, 11) is 0. The number of alkyl halides is 3. The molecular formula is C5H3F3N2O. The zero-order chi connectivity index (χ0) is 8.48. The Balaban J connectivity index is 2.88. The molecular weight excluding hydrogens is 161 g/mol. The lowest BCUT2D eigenvalue weighted by atomic mass is 10.3. The fraction of sp³-hybridized carbons (Fsp3) is 0.200. The van der Waals surface area contributed by atoms with Crippen LogP contribution >= 0.6 is 0 Å². The van der Waals surface area contributed by atoms with Gasteiger partial charge < -0.3 is 4.98 Å². The van der Waals surface area contributed by atoms with E-state index >= 15 is 0 Å². The number of nitrogens with zero attached hydrogens (tertiary/aromatic N) is 1. The Kier molecular flexibility index (Phi) is 1.67. The van der Waals surface area contributed by atoms with Gasteiger partial charge in [0.15, 0.2) is 0 Å². The lowest BCUT2D eigenvalue weighted by molar-refractivity contribution is -0.0888. The van der Waals surface area contributed by atoms with Gasteiger partial charge >= 0.3 is 6.18 Å². The van der Waals surface area contributed by atoms with Crippen molar-refractivity contribution in [3.8, 4) is 0 Å². The third-order valence-corrected chi connectivity index (χ3v) is 1.00. The Bertz CT molecular complexity index is 251. The zero-order valence-corrected chi connectivity index (χ0v) is 5.14. The van der Waals surface area contributed by atoms with Crippen LogP contribution in [0.1, 0.15) is 10.5 Å². The lowest BCUT2D eigenvalue weighted by Crippen LogP contribution is -2.22. The third-order valence-electron chi connectivity index (χ3n) is 1.00. The molecule has 0 radical (unpaired) electrons. The first-order valence-corrected chi connectivity index (χ1v) is 2.61. The van der Waals surface area contributed by atoms with Crippen LogP contribution in [0.4, 0.5) is 13.2 Å². The number of hydrogen-bond acceptors (Lipinski definition) is 2. The summed E-state index contributed by atoms with van der Waals surface area (Å²) < 4.78 is 34.8. The maximum atomic E-state index is 11.6. The van der Waals surface area contributed by atoms with Crippen molar-refractivity contribution in [2.75, 3.05) is 0 Å². The molecule has 0 aromatic carbocycles. The van der Waals surface area contributed by atoms with Crippen molar-refractivity contribution in [1.29, 1.82) is 0 Å². The van der Waals surface area contributed by atoms with Crippen LogP contribution in [0, 0.1) is 0 Å². The second-order valence-electron chi connectivity index (χ2n) is 1.79. The van der Waals surface area contributed by atoms with Crippen molar-refractivity contribution in [3.63, 3.8) is 0 Å². The van der Waals surface area contributed by atoms with Crippen LogP contribution in [-0.2, 0) is 0 Å². The monoisotopic (exact) mass is 164 g/mol. The molecule has 0 unspecified atom stereocenters. The Morgan fingerprint density at radius 1 is 1.55 bits per heavy atom. The Morgan fingerprint density at radius 2 is 2.18 bits per heavy atom. The molecule has 60 valence electrons. The average molecular weight is 164 g/mol. The molecule has 0 aliphatic rings. The minimum atomic E-state index is -4.83. The first-order chi connectivity index (χ1) is 5.02. The Labute approximate surface area is 59.2 Å². The van der Waals surface area contributed by atoms with Crippen molar-refractivity contribution in [1.82, 2.24) is 9.97 Å². The van der Waals surface area contributed by atoms with Crippen molar-refractivity contribution in [2.24, 2.45) is 0 Å². The predicted octanol–water partition coefficient (Wildman–Crippen LogP) is 1.15. The highest BCUT2D eigenvalue weighted by atomic mass is 19.4. The summed E-state index contributed by atoms with van der Waals surface area (Å²) in [6.45, 7) is 0. The van der Waals surface area contributed by atoms with Crippen LogP contribution in [0.25, 0.3) is 0 Å². The molecule has 0 aliphatic carbocycles. The molecule has 0 aliphatic heterocycles. The van der Waals surface area contributed by atoms with E-state index in [9.17, 15) is 18.0 Å². The van der Waals surface area contributed by atoms with Crippen molar-refractivity contribution in [3.05, 3.63) is 18.2 Å². The number of nitrogens with one attached hydrogen (secondary N) is 1. The van der Waals surface area contributed by atoms with Crippen LogP contribution < -0.4 is 0 Å². The number of imidazole rings is 1. The van der Waals surface area contributed by atoms with Gasteiger partial charge in [0.2, 0.25) is 0 Å². The van der Waals surface area contributed by atoms with Crippen molar-refractivity contribution < 1.29 is 18.0 Å². The van der Waals surface area contributed by atoms with E-state index in [1.165, 1.54) is 0 Å². The van der Waals surface area contributed by atoms with Gasteiger partial charge in [-0.15, -0.1) is 0 Å². The maximum absolute atomic E-state index is 11.6. The molecule has 6 heteroatoms. The van der Waals surface area contributed by atoms with E-state index in [2.05, 4.69) is 9.97 Å². The number of Topliss-reactive ketones (excluding diaryl/α,β-unsaturated/α-hetero) is 1. The van der Waals surface area contributed by atoms with Gasteiger partial charge in [-0.2, -0.15) is 13.2 Å². The van der Waals surface area contributed by atoms with Gasteiger partial charge in [0.25, 0.3) is 5.78 Å². The van der Waals surface area contributed by atoms with Crippen LogP contribution in [0.2, 0.25) is 0 Å². The minimum absolute atomic E-state index is 0.544. The molecule has 0 amide bonds. The van der Waals surface area contributed by atoms with E-state index in [1.54, 1.807) is 0 Å². The summed E-state index contributed by atoms with van der Waals surface area (Å²) in [5, 5.41) is 0. The minimum Gasteiger partial charge on any atom is -0.342 e. The van der Waals surface area contributed by atoms with E-state index in [1.807, 2.05) is 0 Å². The number of carbonyl (C=O) groups is 1. The fourth-order valence-corrected chi connectivity index (χ4v) is 0.533. The summed E-state index contributed by atoms with van der Waals surface area (Å²) >= 11 is 0. The first kappa shape index (κ1) is 7.77. The topological polar surface area (TPSA) is 45.8 Å². The molecule has 0 bridgehead atoms. The number of hydrogen-bond donors (Lipinski definition) is 1. The molecule has 3 nitrogen and oxygen atoms in total. The number of carbonyl (C=O) groups excluding carboxylic acids is 1. The third kappa shape index (κ3) is 1.57. The van der Waals surface area contributed by atoms with E-state index in [4.69, 9.17) is 0 Å². The van der Waals surface area contributed by atoms with Crippen LogP contribution in [0.3, 0.4) is 0 Å². The molecule has 1 N–H and O–H groups in total. The molecule has 11 heavy (non-hydrogen) atoms. The molecule has 0 fully saturated rings. The van der Waals surface area contributed by atoms with Gasteiger partial charge in [-0.1, -0.05) is 0 Å². The Hall–Kier alpha value is -1.33. The van der Waals surface area contributed by atoms with E-state index in [-0.39, 0.29) is 0 Å². The standard InChI is InChI=1S/C5H3F3N2O/c6-5(7,8)4(11)3-1-9-2-10-3/h1-2H,(H,9,10). The van der Waals surface area contributed by atoms with Gasteiger partial charge in [-0.3, -0.25) is 4.79 Å². The number of rotatable bonds is 1. The lowest BCUT2D eigenvalue weighted by Gasteiger charge is -2.00. The Morgan fingerprint density at radius 3 is 2.55 bits per heavy atom. The average Bonchev–Trinajstić information content (AvgIpc) is 2.34. The summed E-state index contributed by atoms with van der Waals surface area (Å²) in [4.78, 5) is 15.7. The van der Waals surface area contributed by atoms with Crippen molar-refractivity contribution in [2.45, 2.75) is 6.18 Å². The van der Waals surface area contributed by atoms with Gasteiger partial charge in [0, 0.05) is 0 Å². The molecule has 0 atom stereocenters. The molecule has 1 aromatic heterocycles. The smallest absolute Gasteiger partial charge is 0.342 e. The quantitative estimate of drug-likeness (QED) is 0.633. The molecule has 1 rings (SSSR count). The van der Waals surface area contributed by atoms with E-state index in [0.717, 1.165) is 12.5 Å². The molecule has 0 spiro atoms. The maximum Gasteiger partial charge on any atom is 0.456 e. The largest absolute Gasteiger partial charge is 0.456 e. The van der Waals surface area contributed by atoms with Gasteiger partial charge in [-0.25, -0.2) is 4.98 Å².